The second-order valence-electron chi connectivity index (χ2n) is 3.05. The number of para-hydroxylation sites is 1. The Labute approximate surface area is 95.9 Å². The number of benzene rings is 1. The Bertz CT molecular complexity index is 319. The van der Waals surface area contributed by atoms with Crippen molar-refractivity contribution in [3.8, 4) is 0 Å². The predicted octanol–water partition coefficient (Wildman–Crippen LogP) is -0.842. The van der Waals surface area contributed by atoms with Crippen LogP contribution in [0.15, 0.2) is 18.2 Å². The zero-order chi connectivity index (χ0) is 10.0. The Hall–Kier alpha value is -0.753. The molecule has 70 valence electrons. The van der Waals surface area contributed by atoms with Gasteiger partial charge in [-0.1, -0.05) is 18.2 Å². The molecule has 0 aliphatic heterocycles. The average molecular weight is 185 g/mol. The number of amides is 1. The number of rotatable bonds is 1. The van der Waals surface area contributed by atoms with Gasteiger partial charge >= 0.3 is 18.9 Å². The monoisotopic (exact) mass is 185 g/mol. The topological polar surface area (TPSA) is 43.4 Å². The van der Waals surface area contributed by atoms with E-state index in [4.69, 9.17) is 0 Å². The number of aryl methyl sites for hydroxylation is 2. The third kappa shape index (κ3) is 2.62. The number of hydroxylamine groups is 1. The number of anilines is 1. The van der Waals surface area contributed by atoms with Gasteiger partial charge in [-0.05, 0) is 25.0 Å². The van der Waals surface area contributed by atoms with Crippen LogP contribution >= 0.6 is 0 Å². The molecule has 0 fully saturated rings. The van der Waals surface area contributed by atoms with E-state index in [2.05, 4.69) is 0 Å². The van der Waals surface area contributed by atoms with Crippen molar-refractivity contribution < 1.29 is 23.7 Å². The molecule has 0 aliphatic carbocycles. The Morgan fingerprint density at radius 1 is 1.29 bits per heavy atom. The molecule has 0 aromatic heterocycles. The van der Waals surface area contributed by atoms with Gasteiger partial charge in [0.15, 0.2) is 0 Å². The summed E-state index contributed by atoms with van der Waals surface area (Å²) < 4.78 is 0. The minimum atomic E-state index is -0.489. The maximum atomic E-state index is 11.4. The molecule has 3 nitrogen and oxygen atoms in total. The first-order chi connectivity index (χ1) is 6.04. The van der Waals surface area contributed by atoms with Gasteiger partial charge in [-0.2, -0.15) is 0 Å². The SMILES string of the molecule is CC(=O)N([O-])c1c(C)cccc1C.[Li+]. The summed E-state index contributed by atoms with van der Waals surface area (Å²) >= 11 is 0. The zero-order valence-electron chi connectivity index (χ0n) is 9.00. The normalized spacial score (nSPS) is 9.14. The van der Waals surface area contributed by atoms with E-state index in [-0.39, 0.29) is 18.9 Å². The number of carbonyl (C=O) groups is 1. The van der Waals surface area contributed by atoms with Gasteiger partial charge in [0.05, 0.1) is 0 Å². The second-order valence-corrected chi connectivity index (χ2v) is 3.05. The fourth-order valence-electron chi connectivity index (χ4n) is 1.28. The summed E-state index contributed by atoms with van der Waals surface area (Å²) in [5, 5.41) is 11.8. The molecule has 0 radical (unpaired) electrons. The van der Waals surface area contributed by atoms with Gasteiger partial charge in [0, 0.05) is 12.6 Å². The van der Waals surface area contributed by atoms with E-state index in [0.717, 1.165) is 11.1 Å². The standard InChI is InChI=1S/C10H12NO2.Li/c1-7-5-4-6-8(2)10(7)11(13)9(3)12;/h4-6H,1-3H3;/q-1;+1. The van der Waals surface area contributed by atoms with Crippen LogP contribution in [0.4, 0.5) is 5.69 Å². The van der Waals surface area contributed by atoms with Gasteiger partial charge in [-0.25, -0.2) is 0 Å². The third-order valence-electron chi connectivity index (χ3n) is 1.93. The van der Waals surface area contributed by atoms with E-state index in [1.807, 2.05) is 32.0 Å². The molecule has 14 heavy (non-hydrogen) atoms. The maximum absolute atomic E-state index is 11.4. The quantitative estimate of drug-likeness (QED) is 0.423. The molecule has 0 saturated heterocycles. The van der Waals surface area contributed by atoms with Crippen LogP contribution < -0.4 is 23.9 Å². The van der Waals surface area contributed by atoms with E-state index in [9.17, 15) is 10.0 Å². The maximum Gasteiger partial charge on any atom is 1.00 e. The van der Waals surface area contributed by atoms with Crippen molar-refractivity contribution in [1.82, 2.24) is 0 Å². The van der Waals surface area contributed by atoms with Gasteiger partial charge in [-0.15, -0.1) is 0 Å². The number of nitrogens with zero attached hydrogens (tertiary/aromatic N) is 1. The Balaban J connectivity index is 0.00000169. The van der Waals surface area contributed by atoms with Gasteiger partial charge in [0.1, 0.15) is 0 Å². The molecule has 4 heteroatoms. The van der Waals surface area contributed by atoms with Gasteiger partial charge < -0.3 is 10.3 Å². The van der Waals surface area contributed by atoms with Crippen LogP contribution in [0.5, 0.6) is 0 Å². The van der Waals surface area contributed by atoms with Crippen LogP contribution in [0, 0.1) is 19.1 Å². The second kappa shape index (κ2) is 5.21. The summed E-state index contributed by atoms with van der Waals surface area (Å²) in [5.74, 6) is -0.489. The van der Waals surface area contributed by atoms with Crippen LogP contribution in [0.1, 0.15) is 18.1 Å². The van der Waals surface area contributed by atoms with Gasteiger partial charge in [-0.3, -0.25) is 4.79 Å². The Morgan fingerprint density at radius 3 is 2.07 bits per heavy atom. The first kappa shape index (κ1) is 13.2. The largest absolute Gasteiger partial charge is 1.00 e. The summed E-state index contributed by atoms with van der Waals surface area (Å²) in [4.78, 5) is 10.9. The summed E-state index contributed by atoms with van der Waals surface area (Å²) in [6.45, 7) is 4.89. The summed E-state index contributed by atoms with van der Waals surface area (Å²) in [6, 6.07) is 5.49. The number of carbonyl (C=O) groups excluding carboxylic acids is 1. The average Bonchev–Trinajstić information content (AvgIpc) is 2.03. The molecule has 0 heterocycles. The molecule has 0 saturated carbocycles. The van der Waals surface area contributed by atoms with Crippen molar-refractivity contribution in [1.29, 1.82) is 0 Å². The Kier molecular flexibility index (Phi) is 4.93. The number of hydrogen-bond donors (Lipinski definition) is 0. The van der Waals surface area contributed by atoms with E-state index >= 15 is 0 Å². The molecule has 1 amide bonds. The van der Waals surface area contributed by atoms with Crippen molar-refractivity contribution in [2.45, 2.75) is 20.8 Å². The molecule has 1 aromatic carbocycles. The molecule has 0 spiro atoms. The zero-order valence-corrected chi connectivity index (χ0v) is 9.00. The molecule has 0 unspecified atom stereocenters. The minimum Gasteiger partial charge on any atom is -0.752 e. The van der Waals surface area contributed by atoms with Gasteiger partial charge in [0.2, 0.25) is 5.91 Å². The molecular weight excluding hydrogens is 173 g/mol. The van der Waals surface area contributed by atoms with Crippen molar-refractivity contribution >= 4 is 11.6 Å². The van der Waals surface area contributed by atoms with Gasteiger partial charge in [0.25, 0.3) is 0 Å². The summed E-state index contributed by atoms with van der Waals surface area (Å²) in [6.07, 6.45) is 0. The molecule has 0 atom stereocenters. The number of hydrogen-bond acceptors (Lipinski definition) is 2. The van der Waals surface area contributed by atoms with Crippen LogP contribution in [-0.2, 0) is 4.79 Å². The van der Waals surface area contributed by atoms with Crippen molar-refractivity contribution in [3.05, 3.63) is 34.5 Å². The molecule has 0 bridgehead atoms. The summed E-state index contributed by atoms with van der Waals surface area (Å²) in [7, 11) is 0. The van der Waals surface area contributed by atoms with E-state index in [0.29, 0.717) is 10.8 Å². The van der Waals surface area contributed by atoms with E-state index in [1.165, 1.54) is 6.92 Å². The molecule has 1 aromatic rings. The van der Waals surface area contributed by atoms with E-state index in [1.54, 1.807) is 0 Å². The van der Waals surface area contributed by atoms with Crippen molar-refractivity contribution in [3.63, 3.8) is 0 Å². The first-order valence-corrected chi connectivity index (χ1v) is 4.08. The van der Waals surface area contributed by atoms with Crippen molar-refractivity contribution in [2.75, 3.05) is 5.06 Å². The first-order valence-electron chi connectivity index (χ1n) is 4.08. The molecule has 0 N–H and O–H groups in total. The van der Waals surface area contributed by atoms with Crippen LogP contribution in [-0.4, -0.2) is 5.91 Å². The third-order valence-corrected chi connectivity index (χ3v) is 1.93. The van der Waals surface area contributed by atoms with Crippen LogP contribution in [0.3, 0.4) is 0 Å². The van der Waals surface area contributed by atoms with Crippen LogP contribution in [0.25, 0.3) is 0 Å². The summed E-state index contributed by atoms with van der Waals surface area (Å²) in [5.41, 5.74) is 2.12. The van der Waals surface area contributed by atoms with E-state index < -0.39 is 5.91 Å². The smallest absolute Gasteiger partial charge is 0.752 e. The van der Waals surface area contributed by atoms with Crippen molar-refractivity contribution in [2.24, 2.45) is 0 Å². The van der Waals surface area contributed by atoms with Crippen LogP contribution in [0.2, 0.25) is 0 Å². The fourth-order valence-corrected chi connectivity index (χ4v) is 1.28. The molecule has 0 aliphatic rings. The predicted molar refractivity (Wildman–Crippen MR) is 52.4 cm³/mol. The fraction of sp³-hybridized carbons (Fsp3) is 0.300. The molecular formula is C10H12LiNO2. The molecule has 1 rings (SSSR count). The minimum absolute atomic E-state index is 0. The Morgan fingerprint density at radius 2 is 1.71 bits per heavy atom.